The summed E-state index contributed by atoms with van der Waals surface area (Å²) in [5.74, 6) is -1.23. The molecule has 0 atom stereocenters. The number of nitrogens with one attached hydrogen (secondary N) is 3. The van der Waals surface area contributed by atoms with Crippen LogP contribution in [0.4, 0.5) is 5.69 Å². The molecule has 2 aromatic rings. The number of sulfonamides is 1. The maximum Gasteiger partial charge on any atom is 0.352 e. The molecule has 0 fully saturated rings. The van der Waals surface area contributed by atoms with E-state index in [4.69, 9.17) is 5.11 Å². The predicted molar refractivity (Wildman–Crippen MR) is 57.1 cm³/mol. The van der Waals surface area contributed by atoms with Gasteiger partial charge in [-0.15, -0.1) is 0 Å². The van der Waals surface area contributed by atoms with Crippen LogP contribution in [0.3, 0.4) is 0 Å². The Labute approximate surface area is 95.7 Å². The first-order valence-electron chi connectivity index (χ1n) is 4.42. The molecule has 0 aliphatic rings. The van der Waals surface area contributed by atoms with Crippen LogP contribution in [-0.4, -0.2) is 34.7 Å². The Kier molecular flexibility index (Phi) is 2.60. The van der Waals surface area contributed by atoms with Gasteiger partial charge in [0.05, 0.1) is 11.9 Å². The van der Waals surface area contributed by atoms with Gasteiger partial charge in [-0.25, -0.2) is 13.2 Å². The lowest BCUT2D eigenvalue weighted by Gasteiger charge is -2.01. The zero-order valence-electron chi connectivity index (χ0n) is 8.34. The Balaban J connectivity index is 2.28. The van der Waals surface area contributed by atoms with Gasteiger partial charge >= 0.3 is 5.97 Å². The number of carboxylic acid groups (broad SMARTS) is 1. The number of hydrogen-bond donors (Lipinski definition) is 4. The molecule has 2 heterocycles. The van der Waals surface area contributed by atoms with Crippen molar-refractivity contribution in [3.63, 3.8) is 0 Å². The number of rotatable bonds is 4. The van der Waals surface area contributed by atoms with E-state index in [-0.39, 0.29) is 16.3 Å². The molecule has 90 valence electrons. The summed E-state index contributed by atoms with van der Waals surface area (Å²) < 4.78 is 25.8. The molecule has 8 nitrogen and oxygen atoms in total. The molecule has 0 amide bonds. The summed E-state index contributed by atoms with van der Waals surface area (Å²) in [6, 6.07) is 1.03. The van der Waals surface area contributed by atoms with Gasteiger partial charge in [-0.3, -0.25) is 9.82 Å². The first-order chi connectivity index (χ1) is 7.99. The molecule has 0 bridgehead atoms. The summed E-state index contributed by atoms with van der Waals surface area (Å²) in [7, 11) is -3.80. The normalized spacial score (nSPS) is 11.3. The number of aromatic amines is 2. The maximum atomic E-state index is 11.8. The van der Waals surface area contributed by atoms with Crippen LogP contribution < -0.4 is 4.72 Å². The molecule has 2 aromatic heterocycles. The Hall–Kier alpha value is -2.29. The molecule has 0 aliphatic heterocycles. The van der Waals surface area contributed by atoms with Gasteiger partial charge in [-0.2, -0.15) is 5.10 Å². The van der Waals surface area contributed by atoms with Crippen LogP contribution in [0.2, 0.25) is 0 Å². The molecular weight excluding hydrogens is 248 g/mol. The predicted octanol–water partition coefficient (Wildman–Crippen LogP) is 0.237. The Morgan fingerprint density at radius 1 is 1.41 bits per heavy atom. The number of carbonyl (C=O) groups is 1. The van der Waals surface area contributed by atoms with Gasteiger partial charge in [-0.05, 0) is 6.07 Å². The SMILES string of the molecule is O=C(O)c1cc(S(=O)(=O)Nc2cn[nH]c2)c[nH]1. The molecule has 9 heteroatoms. The molecule has 0 radical (unpaired) electrons. The van der Waals surface area contributed by atoms with Crippen molar-refractivity contribution < 1.29 is 18.3 Å². The van der Waals surface area contributed by atoms with E-state index in [1.165, 1.54) is 12.4 Å². The number of carboxylic acids is 1. The minimum Gasteiger partial charge on any atom is -0.477 e. The third kappa shape index (κ3) is 2.28. The second-order valence-electron chi connectivity index (χ2n) is 3.15. The molecule has 0 saturated carbocycles. The van der Waals surface area contributed by atoms with Crippen LogP contribution in [0.1, 0.15) is 10.5 Å². The second kappa shape index (κ2) is 3.94. The smallest absolute Gasteiger partial charge is 0.352 e. The number of H-pyrrole nitrogens is 2. The summed E-state index contributed by atoms with van der Waals surface area (Å²) in [6.45, 7) is 0. The largest absolute Gasteiger partial charge is 0.477 e. The first kappa shape index (κ1) is 11.2. The molecule has 0 aliphatic carbocycles. The zero-order valence-corrected chi connectivity index (χ0v) is 9.15. The van der Waals surface area contributed by atoms with Crippen LogP contribution in [0.5, 0.6) is 0 Å². The Bertz CT molecular complexity index is 628. The van der Waals surface area contributed by atoms with Crippen molar-refractivity contribution in [2.45, 2.75) is 4.90 Å². The van der Waals surface area contributed by atoms with E-state index in [9.17, 15) is 13.2 Å². The third-order valence-electron chi connectivity index (χ3n) is 1.95. The van der Waals surface area contributed by atoms with Gasteiger partial charge in [0, 0.05) is 12.4 Å². The summed E-state index contributed by atoms with van der Waals surface area (Å²) in [5, 5.41) is 14.7. The van der Waals surface area contributed by atoms with E-state index in [0.717, 1.165) is 12.3 Å². The molecule has 0 saturated heterocycles. The maximum absolute atomic E-state index is 11.8. The lowest BCUT2D eigenvalue weighted by molar-refractivity contribution is 0.0691. The van der Waals surface area contributed by atoms with E-state index in [1.807, 2.05) is 0 Å². The number of aromatic carboxylic acids is 1. The molecule has 0 unspecified atom stereocenters. The van der Waals surface area contributed by atoms with Crippen molar-refractivity contribution >= 4 is 21.7 Å². The fourth-order valence-electron chi connectivity index (χ4n) is 1.17. The summed E-state index contributed by atoms with van der Waals surface area (Å²) in [5.41, 5.74) is 0.0700. The van der Waals surface area contributed by atoms with Gasteiger partial charge in [0.2, 0.25) is 0 Å². The van der Waals surface area contributed by atoms with Crippen molar-refractivity contribution in [3.8, 4) is 0 Å². The van der Waals surface area contributed by atoms with Crippen molar-refractivity contribution in [1.29, 1.82) is 0 Å². The van der Waals surface area contributed by atoms with Crippen molar-refractivity contribution in [1.82, 2.24) is 15.2 Å². The number of aromatic nitrogens is 3. The standard InChI is InChI=1S/C8H8N4O4S/c13-8(14)7-1-6(4-9-7)17(15,16)12-5-2-10-11-3-5/h1-4,9,12H,(H,10,11)(H,13,14). The number of anilines is 1. The zero-order chi connectivity index (χ0) is 12.5. The first-order valence-corrected chi connectivity index (χ1v) is 5.91. The molecule has 0 aromatic carbocycles. The molecule has 2 rings (SSSR count). The van der Waals surface area contributed by atoms with Crippen molar-refractivity contribution in [3.05, 3.63) is 30.4 Å². The molecule has 17 heavy (non-hydrogen) atoms. The highest BCUT2D eigenvalue weighted by Gasteiger charge is 2.18. The highest BCUT2D eigenvalue weighted by Crippen LogP contribution is 2.15. The van der Waals surface area contributed by atoms with E-state index in [0.29, 0.717) is 0 Å². The number of nitrogens with zero attached hydrogens (tertiary/aromatic N) is 1. The van der Waals surface area contributed by atoms with Gasteiger partial charge < -0.3 is 10.1 Å². The molecule has 0 spiro atoms. The quantitative estimate of drug-likeness (QED) is 0.622. The number of hydrogen-bond acceptors (Lipinski definition) is 4. The van der Waals surface area contributed by atoms with Crippen LogP contribution in [-0.2, 0) is 10.0 Å². The minimum absolute atomic E-state index is 0.156. The van der Waals surface area contributed by atoms with E-state index in [1.54, 1.807) is 0 Å². The van der Waals surface area contributed by atoms with Gasteiger partial charge in [0.1, 0.15) is 10.6 Å². The summed E-state index contributed by atoms with van der Waals surface area (Å²) in [4.78, 5) is 12.8. The monoisotopic (exact) mass is 256 g/mol. The average Bonchev–Trinajstić information content (AvgIpc) is 2.84. The topological polar surface area (TPSA) is 128 Å². The Morgan fingerprint density at radius 2 is 2.18 bits per heavy atom. The fourth-order valence-corrected chi connectivity index (χ4v) is 2.20. The van der Waals surface area contributed by atoms with Crippen LogP contribution in [0.25, 0.3) is 0 Å². The van der Waals surface area contributed by atoms with Crippen LogP contribution >= 0.6 is 0 Å². The lowest BCUT2D eigenvalue weighted by Crippen LogP contribution is -2.11. The van der Waals surface area contributed by atoms with E-state index < -0.39 is 16.0 Å². The molecule has 4 N–H and O–H groups in total. The van der Waals surface area contributed by atoms with E-state index in [2.05, 4.69) is 19.9 Å². The average molecular weight is 256 g/mol. The highest BCUT2D eigenvalue weighted by atomic mass is 32.2. The summed E-state index contributed by atoms with van der Waals surface area (Å²) in [6.07, 6.45) is 3.76. The highest BCUT2D eigenvalue weighted by molar-refractivity contribution is 7.92. The van der Waals surface area contributed by atoms with Crippen molar-refractivity contribution in [2.75, 3.05) is 4.72 Å². The third-order valence-corrected chi connectivity index (χ3v) is 3.31. The molecular formula is C8H8N4O4S. The summed E-state index contributed by atoms with van der Waals surface area (Å²) >= 11 is 0. The van der Waals surface area contributed by atoms with Gasteiger partial charge in [0.25, 0.3) is 10.0 Å². The second-order valence-corrected chi connectivity index (χ2v) is 4.83. The van der Waals surface area contributed by atoms with Gasteiger partial charge in [-0.1, -0.05) is 0 Å². The van der Waals surface area contributed by atoms with Gasteiger partial charge in [0.15, 0.2) is 0 Å². The van der Waals surface area contributed by atoms with E-state index >= 15 is 0 Å². The minimum atomic E-state index is -3.80. The fraction of sp³-hybridized carbons (Fsp3) is 0. The Morgan fingerprint density at radius 3 is 2.71 bits per heavy atom. The van der Waals surface area contributed by atoms with Crippen LogP contribution in [0.15, 0.2) is 29.6 Å². The lowest BCUT2D eigenvalue weighted by atomic mass is 10.4. The van der Waals surface area contributed by atoms with Crippen LogP contribution in [0, 0.1) is 0 Å². The van der Waals surface area contributed by atoms with Crippen molar-refractivity contribution in [2.24, 2.45) is 0 Å².